The first-order chi connectivity index (χ1) is 8.81. The summed E-state index contributed by atoms with van der Waals surface area (Å²) in [6.45, 7) is 2.12. The van der Waals surface area contributed by atoms with Gasteiger partial charge in [-0.05, 0) is 24.6 Å². The minimum Gasteiger partial charge on any atom is -0.333 e. The highest BCUT2D eigenvalue weighted by Gasteiger charge is 2.02. The summed E-state index contributed by atoms with van der Waals surface area (Å²) in [7, 11) is 0. The molecule has 90 valence electrons. The van der Waals surface area contributed by atoms with E-state index in [0.29, 0.717) is 0 Å². The Morgan fingerprint density at radius 2 is 2.00 bits per heavy atom. The second-order valence-electron chi connectivity index (χ2n) is 4.34. The lowest BCUT2D eigenvalue weighted by Crippen LogP contribution is -1.82. The molecular formula is C15H14N2S. The molecule has 0 saturated carbocycles. The number of benzene rings is 2. The Hall–Kier alpha value is -1.74. The minimum absolute atomic E-state index is 0.946. The molecule has 2 nitrogen and oxygen atoms in total. The van der Waals surface area contributed by atoms with Gasteiger partial charge in [0.15, 0.2) is 5.16 Å². The molecule has 0 unspecified atom stereocenters. The quantitative estimate of drug-likeness (QED) is 0.711. The maximum atomic E-state index is 4.56. The van der Waals surface area contributed by atoms with E-state index in [0.717, 1.165) is 21.9 Å². The Morgan fingerprint density at radius 1 is 1.11 bits per heavy atom. The number of aryl methyl sites for hydroxylation is 1. The zero-order chi connectivity index (χ0) is 12.4. The van der Waals surface area contributed by atoms with Crippen molar-refractivity contribution in [2.24, 2.45) is 0 Å². The van der Waals surface area contributed by atoms with Gasteiger partial charge in [-0.2, -0.15) is 0 Å². The van der Waals surface area contributed by atoms with Gasteiger partial charge in [0.1, 0.15) is 0 Å². The summed E-state index contributed by atoms with van der Waals surface area (Å²) in [4.78, 5) is 7.89. The van der Waals surface area contributed by atoms with E-state index in [1.807, 2.05) is 18.2 Å². The number of para-hydroxylation sites is 2. The van der Waals surface area contributed by atoms with Gasteiger partial charge in [-0.25, -0.2) is 4.98 Å². The lowest BCUT2D eigenvalue weighted by molar-refractivity contribution is 1.08. The van der Waals surface area contributed by atoms with Crippen LogP contribution in [0.25, 0.3) is 11.0 Å². The predicted molar refractivity (Wildman–Crippen MR) is 76.8 cm³/mol. The molecule has 3 rings (SSSR count). The maximum Gasteiger partial charge on any atom is 0.166 e. The highest BCUT2D eigenvalue weighted by Crippen LogP contribution is 2.23. The Balaban J connectivity index is 1.76. The molecule has 0 amide bonds. The van der Waals surface area contributed by atoms with Gasteiger partial charge in [0, 0.05) is 5.75 Å². The summed E-state index contributed by atoms with van der Waals surface area (Å²) in [5.41, 5.74) is 4.77. The third kappa shape index (κ3) is 2.41. The number of nitrogens with zero attached hydrogens (tertiary/aromatic N) is 1. The lowest BCUT2D eigenvalue weighted by atomic mass is 10.2. The molecule has 18 heavy (non-hydrogen) atoms. The van der Waals surface area contributed by atoms with Crippen LogP contribution in [0.2, 0.25) is 0 Å². The molecule has 0 fully saturated rings. The summed E-state index contributed by atoms with van der Waals surface area (Å²) >= 11 is 1.74. The fourth-order valence-electron chi connectivity index (χ4n) is 1.95. The summed E-state index contributed by atoms with van der Waals surface area (Å²) in [6, 6.07) is 16.7. The maximum absolute atomic E-state index is 4.56. The van der Waals surface area contributed by atoms with E-state index in [4.69, 9.17) is 0 Å². The Bertz CT molecular complexity index is 640. The highest BCUT2D eigenvalue weighted by molar-refractivity contribution is 7.98. The van der Waals surface area contributed by atoms with Gasteiger partial charge in [-0.3, -0.25) is 0 Å². The van der Waals surface area contributed by atoms with Crippen molar-refractivity contribution in [1.29, 1.82) is 0 Å². The Morgan fingerprint density at radius 3 is 2.83 bits per heavy atom. The van der Waals surface area contributed by atoms with E-state index >= 15 is 0 Å². The van der Waals surface area contributed by atoms with Gasteiger partial charge in [-0.15, -0.1) is 0 Å². The fraction of sp³-hybridized carbons (Fsp3) is 0.133. The summed E-state index contributed by atoms with van der Waals surface area (Å²) < 4.78 is 0. The fourth-order valence-corrected chi connectivity index (χ4v) is 2.78. The molecule has 0 spiro atoms. The zero-order valence-electron chi connectivity index (χ0n) is 10.2. The van der Waals surface area contributed by atoms with Crippen molar-refractivity contribution in [2.75, 3.05) is 0 Å². The molecule has 3 aromatic rings. The number of hydrogen-bond acceptors (Lipinski definition) is 2. The number of thioether (sulfide) groups is 1. The van der Waals surface area contributed by atoms with Gasteiger partial charge in [0.2, 0.25) is 0 Å². The first kappa shape index (κ1) is 11.4. The van der Waals surface area contributed by atoms with Crippen LogP contribution in [0.1, 0.15) is 11.1 Å². The summed E-state index contributed by atoms with van der Waals surface area (Å²) in [5.74, 6) is 0.946. The number of H-pyrrole nitrogens is 1. The first-order valence-corrected chi connectivity index (χ1v) is 6.93. The molecule has 0 bridgehead atoms. The van der Waals surface area contributed by atoms with Crippen molar-refractivity contribution < 1.29 is 0 Å². The number of nitrogens with one attached hydrogen (secondary N) is 1. The topological polar surface area (TPSA) is 28.7 Å². The number of hydrogen-bond donors (Lipinski definition) is 1. The molecular weight excluding hydrogens is 240 g/mol. The van der Waals surface area contributed by atoms with E-state index in [1.54, 1.807) is 11.8 Å². The predicted octanol–water partition coefficient (Wildman–Crippen LogP) is 4.16. The summed E-state index contributed by atoms with van der Waals surface area (Å²) in [5, 5.41) is 0.984. The SMILES string of the molecule is Cc1cccc(CSc2nc3ccccc3[nH]2)c1. The van der Waals surface area contributed by atoms with Crippen LogP contribution >= 0.6 is 11.8 Å². The van der Waals surface area contributed by atoms with Crippen LogP contribution < -0.4 is 0 Å². The molecule has 0 aliphatic heterocycles. The number of aromatic amines is 1. The standard InChI is InChI=1S/C15H14N2S/c1-11-5-4-6-12(9-11)10-18-15-16-13-7-2-3-8-14(13)17-15/h2-9H,10H2,1H3,(H,16,17). The van der Waals surface area contributed by atoms with Gasteiger partial charge >= 0.3 is 0 Å². The molecule has 1 N–H and O–H groups in total. The normalized spacial score (nSPS) is 10.9. The average Bonchev–Trinajstić information content (AvgIpc) is 2.79. The summed E-state index contributed by atoms with van der Waals surface area (Å²) in [6.07, 6.45) is 0. The van der Waals surface area contributed by atoms with Crippen molar-refractivity contribution in [3.05, 3.63) is 59.7 Å². The third-order valence-corrected chi connectivity index (χ3v) is 3.77. The van der Waals surface area contributed by atoms with Crippen LogP contribution in [-0.2, 0) is 5.75 Å². The number of rotatable bonds is 3. The van der Waals surface area contributed by atoms with Crippen LogP contribution in [0.15, 0.2) is 53.7 Å². The van der Waals surface area contributed by atoms with Gasteiger partial charge in [0.25, 0.3) is 0 Å². The second kappa shape index (κ2) is 4.86. The van der Waals surface area contributed by atoms with Gasteiger partial charge in [0.05, 0.1) is 11.0 Å². The highest BCUT2D eigenvalue weighted by atomic mass is 32.2. The van der Waals surface area contributed by atoms with Crippen LogP contribution in [-0.4, -0.2) is 9.97 Å². The van der Waals surface area contributed by atoms with E-state index in [-0.39, 0.29) is 0 Å². The van der Waals surface area contributed by atoms with E-state index in [9.17, 15) is 0 Å². The second-order valence-corrected chi connectivity index (χ2v) is 5.30. The van der Waals surface area contributed by atoms with Crippen LogP contribution in [0.5, 0.6) is 0 Å². The van der Waals surface area contributed by atoms with Crippen molar-refractivity contribution in [3.8, 4) is 0 Å². The van der Waals surface area contributed by atoms with E-state index < -0.39 is 0 Å². The lowest BCUT2D eigenvalue weighted by Gasteiger charge is -2.00. The molecule has 0 atom stereocenters. The number of imidazole rings is 1. The van der Waals surface area contributed by atoms with Crippen LogP contribution in [0.3, 0.4) is 0 Å². The van der Waals surface area contributed by atoms with Crippen molar-refractivity contribution in [3.63, 3.8) is 0 Å². The Kier molecular flexibility index (Phi) is 3.07. The van der Waals surface area contributed by atoms with E-state index in [1.165, 1.54) is 11.1 Å². The molecule has 0 aliphatic rings. The Labute approximate surface area is 110 Å². The third-order valence-electron chi connectivity index (χ3n) is 2.83. The van der Waals surface area contributed by atoms with Crippen LogP contribution in [0, 0.1) is 6.92 Å². The average molecular weight is 254 g/mol. The van der Waals surface area contributed by atoms with Crippen molar-refractivity contribution >= 4 is 22.8 Å². The van der Waals surface area contributed by atoms with Crippen molar-refractivity contribution in [1.82, 2.24) is 9.97 Å². The molecule has 0 radical (unpaired) electrons. The molecule has 1 heterocycles. The molecule has 0 saturated heterocycles. The van der Waals surface area contributed by atoms with E-state index in [2.05, 4.69) is 47.2 Å². The molecule has 0 aliphatic carbocycles. The van der Waals surface area contributed by atoms with Crippen LogP contribution in [0.4, 0.5) is 0 Å². The number of aromatic nitrogens is 2. The van der Waals surface area contributed by atoms with Gasteiger partial charge < -0.3 is 4.98 Å². The number of fused-ring (bicyclic) bond motifs is 1. The molecule has 2 aromatic carbocycles. The monoisotopic (exact) mass is 254 g/mol. The van der Waals surface area contributed by atoms with Gasteiger partial charge in [-0.1, -0.05) is 53.7 Å². The minimum atomic E-state index is 0.946. The molecule has 3 heteroatoms. The van der Waals surface area contributed by atoms with Crippen molar-refractivity contribution in [2.45, 2.75) is 17.8 Å². The molecule has 1 aromatic heterocycles. The zero-order valence-corrected chi connectivity index (χ0v) is 11.0. The first-order valence-electron chi connectivity index (χ1n) is 5.94. The smallest absolute Gasteiger partial charge is 0.166 e. The largest absolute Gasteiger partial charge is 0.333 e.